The van der Waals surface area contributed by atoms with E-state index in [-0.39, 0.29) is 52.6 Å². The van der Waals surface area contributed by atoms with Gasteiger partial charge in [0.25, 0.3) is 0 Å². The number of fused-ring (bicyclic) bond motifs is 20. The van der Waals surface area contributed by atoms with Gasteiger partial charge in [0.15, 0.2) is 0 Å². The van der Waals surface area contributed by atoms with Crippen molar-refractivity contribution in [1.82, 2.24) is 39.9 Å². The molecule has 3 aliphatic carbocycles. The van der Waals surface area contributed by atoms with Gasteiger partial charge in [-0.05, 0) is 22.4 Å². The molecule has 1 radical (unpaired) electrons. The molecule has 0 spiro atoms. The molecule has 0 amide bonds. The minimum atomic E-state index is -0.0149. The van der Waals surface area contributed by atoms with E-state index in [1.807, 2.05) is 36.4 Å². The summed E-state index contributed by atoms with van der Waals surface area (Å²) < 4.78 is 0. The standard InChI is InChI=1S/C32H22N8.Cu/c1-2-10-18-17(9-1)25-33-26(18)38-28-21-13-5-6-14-22(21)30(35-28)40-32-24-16-8-7-15-23(24)31(36-32)39-29-20-12-4-3-11-19(20)27(34-29)37-25;/h1-22H;/q-2;+2. The molecule has 201 valence electrons. The number of rotatable bonds is 0. The zero-order chi connectivity index (χ0) is 26.2. The van der Waals surface area contributed by atoms with Crippen LogP contribution in [-0.4, -0.2) is 29.9 Å². The summed E-state index contributed by atoms with van der Waals surface area (Å²) in [5.74, 6) is 4.23. The van der Waals surface area contributed by atoms with Gasteiger partial charge in [-0.1, -0.05) is 97.2 Å². The maximum atomic E-state index is 5.08. The van der Waals surface area contributed by atoms with Crippen LogP contribution in [0.15, 0.2) is 97.2 Å². The molecule has 0 saturated carbocycles. The van der Waals surface area contributed by atoms with Crippen molar-refractivity contribution < 1.29 is 17.1 Å². The molecule has 3 aliphatic heterocycles. The van der Waals surface area contributed by atoms with Crippen LogP contribution in [0.1, 0.15) is 70.5 Å². The monoisotopic (exact) mass is 581 g/mol. The molecule has 6 atom stereocenters. The number of hydrogen-bond donors (Lipinski definition) is 0. The van der Waals surface area contributed by atoms with E-state index in [4.69, 9.17) is 39.9 Å². The van der Waals surface area contributed by atoms with Gasteiger partial charge < -0.3 is 29.9 Å². The van der Waals surface area contributed by atoms with Crippen LogP contribution < -0.4 is 9.97 Å². The molecule has 0 saturated heterocycles. The number of aromatic nitrogens is 8. The molecule has 9 rings (SSSR count). The van der Waals surface area contributed by atoms with Crippen LogP contribution in [0.5, 0.6) is 0 Å². The molecule has 1 aromatic carbocycles. The molecular weight excluding hydrogens is 560 g/mol. The first-order valence-electron chi connectivity index (χ1n) is 13.6. The van der Waals surface area contributed by atoms with Gasteiger partial charge in [-0.3, -0.25) is 9.97 Å². The maximum absolute atomic E-state index is 5.08. The van der Waals surface area contributed by atoms with Crippen molar-refractivity contribution in [2.24, 2.45) is 0 Å². The third-order valence-corrected chi connectivity index (χ3v) is 8.40. The van der Waals surface area contributed by atoms with Gasteiger partial charge in [0.05, 0.1) is 23.3 Å². The van der Waals surface area contributed by atoms with Crippen molar-refractivity contribution in [2.45, 2.75) is 35.5 Å². The van der Waals surface area contributed by atoms with Gasteiger partial charge in [0, 0.05) is 46.8 Å². The number of nitrogens with zero attached hydrogens (tertiary/aromatic N) is 8. The Balaban J connectivity index is 0.00000256. The van der Waals surface area contributed by atoms with Gasteiger partial charge in [-0.2, -0.15) is 0 Å². The molecule has 0 N–H and O–H groups in total. The summed E-state index contributed by atoms with van der Waals surface area (Å²) >= 11 is 0. The Morgan fingerprint density at radius 2 is 0.780 bits per heavy atom. The van der Waals surface area contributed by atoms with Crippen LogP contribution in [0.2, 0.25) is 0 Å². The average Bonchev–Trinajstić information content (AvgIpc) is 3.73. The zero-order valence-corrected chi connectivity index (χ0v) is 22.5. The van der Waals surface area contributed by atoms with Crippen LogP contribution >= 0.6 is 0 Å². The number of allylic oxidation sites excluding steroid dienone is 12. The Kier molecular flexibility index (Phi) is 5.52. The van der Waals surface area contributed by atoms with E-state index in [0.717, 1.165) is 22.4 Å². The second kappa shape index (κ2) is 9.29. The van der Waals surface area contributed by atoms with E-state index in [9.17, 15) is 0 Å². The van der Waals surface area contributed by atoms with Crippen molar-refractivity contribution in [3.63, 3.8) is 0 Å². The minimum absolute atomic E-state index is 0. The Morgan fingerprint density at radius 1 is 0.415 bits per heavy atom. The van der Waals surface area contributed by atoms with E-state index in [1.54, 1.807) is 0 Å². The zero-order valence-electron chi connectivity index (χ0n) is 21.6. The van der Waals surface area contributed by atoms with Crippen LogP contribution in [0.25, 0.3) is 22.1 Å². The van der Waals surface area contributed by atoms with Gasteiger partial charge in [-0.15, -0.1) is 0 Å². The van der Waals surface area contributed by atoms with E-state index in [0.29, 0.717) is 34.6 Å². The normalized spacial score (nSPS) is 27.2. The predicted molar refractivity (Wildman–Crippen MR) is 150 cm³/mol. The van der Waals surface area contributed by atoms with E-state index >= 15 is 0 Å². The number of benzene rings is 1. The van der Waals surface area contributed by atoms with Crippen molar-refractivity contribution >= 4 is 22.1 Å². The molecule has 6 aliphatic rings. The first-order chi connectivity index (χ1) is 19.8. The summed E-state index contributed by atoms with van der Waals surface area (Å²) in [4.78, 5) is 40.1. The number of hydrogen-bond acceptors (Lipinski definition) is 6. The Morgan fingerprint density at radius 3 is 1.20 bits per heavy atom. The predicted octanol–water partition coefficient (Wildman–Crippen LogP) is 5.01. The van der Waals surface area contributed by atoms with Crippen LogP contribution in [0.4, 0.5) is 0 Å². The minimum Gasteiger partial charge on any atom is -0.366 e. The maximum Gasteiger partial charge on any atom is 2.00 e. The average molecular weight is 582 g/mol. The summed E-state index contributed by atoms with van der Waals surface area (Å²) in [5.41, 5.74) is 1.22. The quantitative estimate of drug-likeness (QED) is 0.341. The second-order valence-corrected chi connectivity index (χ2v) is 10.7. The fourth-order valence-electron chi connectivity index (χ4n) is 6.41. The molecule has 3 aromatic rings. The molecule has 0 fully saturated rings. The summed E-state index contributed by atoms with van der Waals surface area (Å²) in [6.07, 6.45) is 25.2. The summed E-state index contributed by atoms with van der Waals surface area (Å²) in [6.45, 7) is 0. The topological polar surface area (TPSA) is 106 Å². The summed E-state index contributed by atoms with van der Waals surface area (Å²) in [6, 6.07) is 8.08. The van der Waals surface area contributed by atoms with Crippen LogP contribution in [0, 0.1) is 0 Å². The molecule has 41 heavy (non-hydrogen) atoms. The third-order valence-electron chi connectivity index (χ3n) is 8.40. The first-order valence-corrected chi connectivity index (χ1v) is 13.6. The van der Waals surface area contributed by atoms with Crippen molar-refractivity contribution in [3.8, 4) is 0 Å². The summed E-state index contributed by atoms with van der Waals surface area (Å²) in [7, 11) is 0. The molecule has 9 heteroatoms. The Labute approximate surface area is 246 Å². The van der Waals surface area contributed by atoms with Gasteiger partial charge >= 0.3 is 17.1 Å². The van der Waals surface area contributed by atoms with Crippen molar-refractivity contribution in [1.29, 1.82) is 0 Å². The van der Waals surface area contributed by atoms with Crippen LogP contribution in [-0.2, 0) is 17.1 Å². The van der Waals surface area contributed by atoms with Crippen LogP contribution in [0.3, 0.4) is 0 Å². The molecule has 5 heterocycles. The van der Waals surface area contributed by atoms with Crippen molar-refractivity contribution in [3.05, 3.63) is 132 Å². The smallest absolute Gasteiger partial charge is 0.366 e. The fraction of sp³-hybridized carbons (Fsp3) is 0.188. The van der Waals surface area contributed by atoms with E-state index < -0.39 is 0 Å². The van der Waals surface area contributed by atoms with Gasteiger partial charge in [-0.25, -0.2) is 0 Å². The van der Waals surface area contributed by atoms with Crippen molar-refractivity contribution in [2.75, 3.05) is 0 Å². The molecule has 8 bridgehead atoms. The summed E-state index contributed by atoms with van der Waals surface area (Å²) in [5, 5.41) is 1.88. The first kappa shape index (κ1) is 24.3. The third kappa shape index (κ3) is 3.73. The molecule has 6 unspecified atom stereocenters. The van der Waals surface area contributed by atoms with E-state index in [1.165, 1.54) is 0 Å². The fourth-order valence-corrected chi connectivity index (χ4v) is 6.41. The molecular formula is C32H22CuN8. The van der Waals surface area contributed by atoms with E-state index in [2.05, 4.69) is 60.8 Å². The Hall–Kier alpha value is -4.46. The largest absolute Gasteiger partial charge is 2.00 e. The van der Waals surface area contributed by atoms with Gasteiger partial charge in [0.1, 0.15) is 0 Å². The van der Waals surface area contributed by atoms with Gasteiger partial charge in [0.2, 0.25) is 0 Å². The Bertz CT molecular complexity index is 1840. The molecule has 8 nitrogen and oxygen atoms in total. The SMILES string of the molecule is C1=CC2c3nc(nc4[n-]c(nc5nc(nc6[n-]c(n3)C3C=CC=CC63)C3C=CC=CC53)c3ccccc43)C2C=C1.[Cu+2]. The molecule has 2 aromatic heterocycles. The second-order valence-electron chi connectivity index (χ2n) is 10.7.